The maximum absolute atomic E-state index is 12.3. The maximum Gasteiger partial charge on any atom is 0.231 e. The number of aryl methyl sites for hydroxylation is 1. The molecule has 31 heavy (non-hydrogen) atoms. The molecule has 1 aliphatic rings. The van der Waals surface area contributed by atoms with Gasteiger partial charge in [-0.15, -0.1) is 0 Å². The molecule has 0 bridgehead atoms. The third kappa shape index (κ3) is 7.97. The molecule has 0 unspecified atom stereocenters. The highest BCUT2D eigenvalue weighted by Crippen LogP contribution is 2.29. The minimum atomic E-state index is 0.0302. The summed E-state index contributed by atoms with van der Waals surface area (Å²) in [5, 5.41) is 0. The number of amides is 1. The Kier molecular flexibility index (Phi) is 9.89. The molecule has 1 fully saturated rings. The SMILES string of the molecule is CO/C(C)=C/C=C(C)C.COc1ccc([C@H]2CN(CCCc3ccccc3)C2=O)cc1. The third-order valence-corrected chi connectivity index (χ3v) is 5.24. The highest BCUT2D eigenvalue weighted by Gasteiger charge is 2.36. The number of hydrogen-bond donors (Lipinski definition) is 0. The largest absolute Gasteiger partial charge is 0.501 e. The van der Waals surface area contributed by atoms with Gasteiger partial charge in [0.25, 0.3) is 0 Å². The predicted octanol–water partition coefficient (Wildman–Crippen LogP) is 5.76. The van der Waals surface area contributed by atoms with E-state index in [-0.39, 0.29) is 11.8 Å². The summed E-state index contributed by atoms with van der Waals surface area (Å²) >= 11 is 0. The van der Waals surface area contributed by atoms with Crippen molar-refractivity contribution in [3.8, 4) is 5.75 Å². The number of ether oxygens (including phenoxy) is 2. The molecule has 3 rings (SSSR count). The molecule has 0 spiro atoms. The lowest BCUT2D eigenvalue weighted by atomic mass is 9.90. The van der Waals surface area contributed by atoms with Crippen LogP contribution < -0.4 is 4.74 Å². The Morgan fingerprint density at radius 2 is 1.68 bits per heavy atom. The topological polar surface area (TPSA) is 38.8 Å². The first-order valence-electron chi connectivity index (χ1n) is 10.8. The fraction of sp³-hybridized carbons (Fsp3) is 0.370. The summed E-state index contributed by atoms with van der Waals surface area (Å²) in [5.41, 5.74) is 3.71. The van der Waals surface area contributed by atoms with Gasteiger partial charge in [-0.1, -0.05) is 54.1 Å². The van der Waals surface area contributed by atoms with Gasteiger partial charge in [0.05, 0.1) is 25.9 Å². The van der Waals surface area contributed by atoms with Crippen molar-refractivity contribution in [1.29, 1.82) is 0 Å². The molecule has 1 atom stereocenters. The number of nitrogens with zero attached hydrogens (tertiary/aromatic N) is 1. The molecule has 0 radical (unpaired) electrons. The Balaban J connectivity index is 0.000000323. The molecular weight excluding hydrogens is 386 g/mol. The summed E-state index contributed by atoms with van der Waals surface area (Å²) in [6.45, 7) is 7.72. The van der Waals surface area contributed by atoms with E-state index in [1.807, 2.05) is 54.3 Å². The summed E-state index contributed by atoms with van der Waals surface area (Å²) in [4.78, 5) is 14.2. The number of allylic oxidation sites excluding steroid dienone is 4. The fourth-order valence-electron chi connectivity index (χ4n) is 3.25. The van der Waals surface area contributed by atoms with Gasteiger partial charge in [-0.05, 0) is 62.9 Å². The number of likely N-dealkylation sites (tertiary alicyclic amines) is 1. The molecule has 2 aromatic rings. The molecule has 4 nitrogen and oxygen atoms in total. The maximum atomic E-state index is 12.3. The van der Waals surface area contributed by atoms with Crippen molar-refractivity contribution in [2.75, 3.05) is 27.3 Å². The van der Waals surface area contributed by atoms with Crippen LogP contribution in [0, 0.1) is 0 Å². The van der Waals surface area contributed by atoms with E-state index in [0.29, 0.717) is 0 Å². The standard InChI is InChI=1S/C19H21NO2.C8H14O/c1-22-17-11-9-16(10-12-17)18-14-20(19(18)21)13-5-8-15-6-3-2-4-7-15;1-7(2)5-6-8(3)9-4/h2-4,6-7,9-12,18H,5,8,13-14H2,1H3;5-6H,1-4H3/b;8-6+/t18-;/m1./s1. The van der Waals surface area contributed by atoms with E-state index in [2.05, 4.69) is 38.1 Å². The Hall–Kier alpha value is -3.01. The van der Waals surface area contributed by atoms with Crippen molar-refractivity contribution in [3.63, 3.8) is 0 Å². The summed E-state index contributed by atoms with van der Waals surface area (Å²) in [6, 6.07) is 18.2. The van der Waals surface area contributed by atoms with Gasteiger partial charge in [-0.2, -0.15) is 0 Å². The van der Waals surface area contributed by atoms with Crippen LogP contribution in [0.2, 0.25) is 0 Å². The second-order valence-corrected chi connectivity index (χ2v) is 7.92. The van der Waals surface area contributed by atoms with E-state index >= 15 is 0 Å². The number of carbonyl (C=O) groups excluding carboxylic acids is 1. The molecule has 0 aliphatic carbocycles. The molecule has 0 saturated carbocycles. The quantitative estimate of drug-likeness (QED) is 0.309. The molecule has 1 amide bonds. The van der Waals surface area contributed by atoms with Crippen LogP contribution in [0.3, 0.4) is 0 Å². The van der Waals surface area contributed by atoms with Crippen molar-refractivity contribution < 1.29 is 14.3 Å². The van der Waals surface area contributed by atoms with Crippen LogP contribution in [0.5, 0.6) is 5.75 Å². The molecule has 166 valence electrons. The first-order chi connectivity index (χ1) is 14.9. The summed E-state index contributed by atoms with van der Waals surface area (Å²) < 4.78 is 10.1. The van der Waals surface area contributed by atoms with Gasteiger partial charge in [0.15, 0.2) is 0 Å². The van der Waals surface area contributed by atoms with Crippen molar-refractivity contribution >= 4 is 5.91 Å². The zero-order valence-electron chi connectivity index (χ0n) is 19.4. The van der Waals surface area contributed by atoms with Gasteiger partial charge >= 0.3 is 0 Å². The lowest BCUT2D eigenvalue weighted by Crippen LogP contribution is -2.51. The number of hydrogen-bond acceptors (Lipinski definition) is 3. The molecular formula is C27H35NO3. The highest BCUT2D eigenvalue weighted by molar-refractivity contribution is 5.89. The molecule has 0 aromatic heterocycles. The van der Waals surface area contributed by atoms with Crippen molar-refractivity contribution in [3.05, 3.63) is 89.2 Å². The van der Waals surface area contributed by atoms with Gasteiger partial charge in [0.2, 0.25) is 5.91 Å². The Bertz CT molecular complexity index is 865. The van der Waals surface area contributed by atoms with Crippen molar-refractivity contribution in [2.24, 2.45) is 0 Å². The van der Waals surface area contributed by atoms with E-state index in [1.165, 1.54) is 11.1 Å². The van der Waals surface area contributed by atoms with Crippen LogP contribution in [0.25, 0.3) is 0 Å². The molecule has 4 heteroatoms. The third-order valence-electron chi connectivity index (χ3n) is 5.24. The smallest absolute Gasteiger partial charge is 0.231 e. The van der Waals surface area contributed by atoms with Gasteiger partial charge < -0.3 is 14.4 Å². The molecule has 0 N–H and O–H groups in total. The Morgan fingerprint density at radius 3 is 2.23 bits per heavy atom. The fourth-order valence-corrected chi connectivity index (χ4v) is 3.25. The van der Waals surface area contributed by atoms with E-state index in [4.69, 9.17) is 9.47 Å². The average Bonchev–Trinajstić information content (AvgIpc) is 2.80. The zero-order chi connectivity index (χ0) is 22.6. The van der Waals surface area contributed by atoms with Gasteiger partial charge in [-0.3, -0.25) is 4.79 Å². The minimum absolute atomic E-state index is 0.0302. The molecule has 1 heterocycles. The number of carbonyl (C=O) groups is 1. The van der Waals surface area contributed by atoms with Gasteiger partial charge in [0.1, 0.15) is 5.75 Å². The summed E-state index contributed by atoms with van der Waals surface area (Å²) in [5.74, 6) is 2.05. The monoisotopic (exact) mass is 421 g/mol. The van der Waals surface area contributed by atoms with Gasteiger partial charge in [-0.25, -0.2) is 0 Å². The number of β-lactam (4-membered cyclic amide) rings is 1. The van der Waals surface area contributed by atoms with Crippen LogP contribution in [-0.4, -0.2) is 38.1 Å². The molecule has 1 saturated heterocycles. The van der Waals surface area contributed by atoms with E-state index in [0.717, 1.165) is 43.0 Å². The normalized spacial score (nSPS) is 15.4. The average molecular weight is 422 g/mol. The Labute approximate surface area is 187 Å². The number of rotatable bonds is 8. The molecule has 2 aromatic carbocycles. The predicted molar refractivity (Wildman–Crippen MR) is 127 cm³/mol. The second-order valence-electron chi connectivity index (χ2n) is 7.92. The van der Waals surface area contributed by atoms with E-state index in [9.17, 15) is 4.79 Å². The van der Waals surface area contributed by atoms with E-state index in [1.54, 1.807) is 14.2 Å². The lowest BCUT2D eigenvalue weighted by molar-refractivity contribution is -0.142. The van der Waals surface area contributed by atoms with E-state index < -0.39 is 0 Å². The van der Waals surface area contributed by atoms with Crippen LogP contribution >= 0.6 is 0 Å². The van der Waals surface area contributed by atoms with Crippen LogP contribution in [-0.2, 0) is 16.0 Å². The van der Waals surface area contributed by atoms with Crippen molar-refractivity contribution in [2.45, 2.75) is 39.5 Å². The van der Waals surface area contributed by atoms with Crippen LogP contribution in [0.1, 0.15) is 44.2 Å². The summed E-state index contributed by atoms with van der Waals surface area (Å²) in [7, 11) is 3.32. The Morgan fingerprint density at radius 1 is 1.00 bits per heavy atom. The van der Waals surface area contributed by atoms with Crippen LogP contribution in [0.15, 0.2) is 78.1 Å². The lowest BCUT2D eigenvalue weighted by Gasteiger charge is -2.39. The first-order valence-corrected chi connectivity index (χ1v) is 10.8. The summed E-state index contributed by atoms with van der Waals surface area (Å²) in [6.07, 6.45) is 6.02. The highest BCUT2D eigenvalue weighted by atomic mass is 16.5. The second kappa shape index (κ2) is 12.6. The number of benzene rings is 2. The number of methoxy groups -OCH3 is 2. The minimum Gasteiger partial charge on any atom is -0.501 e. The zero-order valence-corrected chi connectivity index (χ0v) is 19.4. The van der Waals surface area contributed by atoms with Gasteiger partial charge in [0, 0.05) is 13.1 Å². The first kappa shape index (κ1) is 24.3. The molecule has 1 aliphatic heterocycles. The van der Waals surface area contributed by atoms with Crippen LogP contribution in [0.4, 0.5) is 0 Å². The van der Waals surface area contributed by atoms with Crippen molar-refractivity contribution in [1.82, 2.24) is 4.90 Å².